The van der Waals surface area contributed by atoms with Crippen molar-refractivity contribution >= 4 is 57.5 Å². The first-order valence-electron chi connectivity index (χ1n) is 7.65. The van der Waals surface area contributed by atoms with E-state index in [9.17, 15) is 9.59 Å². The van der Waals surface area contributed by atoms with Gasteiger partial charge in [-0.3, -0.25) is 14.5 Å². The average Bonchev–Trinajstić information content (AvgIpc) is 3.32. The van der Waals surface area contributed by atoms with E-state index in [0.29, 0.717) is 15.8 Å². The molecule has 130 valence electrons. The molecule has 1 fully saturated rings. The Kier molecular flexibility index (Phi) is 6.00. The molecule has 3 heterocycles. The van der Waals surface area contributed by atoms with E-state index in [4.69, 9.17) is 12.2 Å². The third-order valence-electron chi connectivity index (χ3n) is 3.47. The molecule has 1 N–H and O–H groups in total. The zero-order valence-corrected chi connectivity index (χ0v) is 15.7. The number of aryl methyl sites for hydroxylation is 1. The van der Waals surface area contributed by atoms with E-state index >= 15 is 0 Å². The summed E-state index contributed by atoms with van der Waals surface area (Å²) in [4.78, 5) is 31.4. The lowest BCUT2D eigenvalue weighted by Gasteiger charge is -2.14. The standard InChI is InChI=1S/C16H16N4O2S3/c21-14(18-4-2-6-19-7-5-17-11-19)10-20-15(22)13(25-16(20)23)9-12-3-1-8-24-12/h1,3,5,7-9,11H,2,4,6,10H2,(H,18,21). The smallest absolute Gasteiger partial charge is 0.266 e. The molecule has 0 aromatic carbocycles. The Hall–Kier alpha value is -1.97. The summed E-state index contributed by atoms with van der Waals surface area (Å²) < 4.78 is 2.37. The molecule has 0 saturated carbocycles. The molecule has 0 atom stereocenters. The Morgan fingerprint density at radius 2 is 2.32 bits per heavy atom. The van der Waals surface area contributed by atoms with Crippen molar-refractivity contribution in [3.63, 3.8) is 0 Å². The minimum Gasteiger partial charge on any atom is -0.354 e. The number of imidazole rings is 1. The lowest BCUT2D eigenvalue weighted by Crippen LogP contribution is -2.39. The molecule has 1 aliphatic heterocycles. The van der Waals surface area contributed by atoms with Crippen LogP contribution in [0.4, 0.5) is 0 Å². The predicted molar refractivity (Wildman–Crippen MR) is 104 cm³/mol. The van der Waals surface area contributed by atoms with Gasteiger partial charge in [0, 0.05) is 30.4 Å². The average molecular weight is 393 g/mol. The summed E-state index contributed by atoms with van der Waals surface area (Å²) >= 11 is 8.02. The van der Waals surface area contributed by atoms with Crippen molar-refractivity contribution in [2.24, 2.45) is 0 Å². The van der Waals surface area contributed by atoms with Crippen LogP contribution in [0.5, 0.6) is 0 Å². The maximum Gasteiger partial charge on any atom is 0.266 e. The molecule has 6 nitrogen and oxygen atoms in total. The highest BCUT2D eigenvalue weighted by Gasteiger charge is 2.33. The van der Waals surface area contributed by atoms with Gasteiger partial charge in [0.2, 0.25) is 5.91 Å². The molecule has 0 radical (unpaired) electrons. The van der Waals surface area contributed by atoms with E-state index in [1.54, 1.807) is 23.9 Å². The fraction of sp³-hybridized carbons (Fsp3) is 0.250. The van der Waals surface area contributed by atoms with Gasteiger partial charge in [-0.1, -0.05) is 30.0 Å². The van der Waals surface area contributed by atoms with Crippen LogP contribution in [0.1, 0.15) is 11.3 Å². The number of thiocarbonyl (C=S) groups is 1. The van der Waals surface area contributed by atoms with Crippen molar-refractivity contribution in [2.75, 3.05) is 13.1 Å². The third kappa shape index (κ3) is 4.77. The molecule has 0 unspecified atom stereocenters. The van der Waals surface area contributed by atoms with Gasteiger partial charge in [0.15, 0.2) is 0 Å². The lowest BCUT2D eigenvalue weighted by atomic mass is 10.3. The first kappa shape index (κ1) is 17.8. The monoisotopic (exact) mass is 392 g/mol. The first-order chi connectivity index (χ1) is 12.1. The van der Waals surface area contributed by atoms with Gasteiger partial charge in [-0.05, 0) is 23.9 Å². The quantitative estimate of drug-likeness (QED) is 0.445. The number of hydrogen-bond donors (Lipinski definition) is 1. The molecule has 0 spiro atoms. The van der Waals surface area contributed by atoms with Gasteiger partial charge in [0.25, 0.3) is 5.91 Å². The van der Waals surface area contributed by atoms with E-state index < -0.39 is 0 Å². The molecule has 2 amide bonds. The fourth-order valence-corrected chi connectivity index (χ4v) is 4.22. The van der Waals surface area contributed by atoms with E-state index in [2.05, 4.69) is 10.3 Å². The molecule has 2 aromatic rings. The highest BCUT2D eigenvalue weighted by Crippen LogP contribution is 2.32. The van der Waals surface area contributed by atoms with Crippen LogP contribution in [0.25, 0.3) is 6.08 Å². The minimum atomic E-state index is -0.211. The summed E-state index contributed by atoms with van der Waals surface area (Å²) in [6.45, 7) is 1.28. The number of carbonyl (C=O) groups excluding carboxylic acids is 2. The molecule has 0 bridgehead atoms. The maximum atomic E-state index is 12.4. The second-order valence-electron chi connectivity index (χ2n) is 5.29. The molecule has 9 heteroatoms. The molecular formula is C16H16N4O2S3. The predicted octanol–water partition coefficient (Wildman–Crippen LogP) is 2.35. The highest BCUT2D eigenvalue weighted by atomic mass is 32.2. The van der Waals surface area contributed by atoms with Crippen molar-refractivity contribution < 1.29 is 9.59 Å². The largest absolute Gasteiger partial charge is 0.354 e. The van der Waals surface area contributed by atoms with E-state index in [-0.39, 0.29) is 18.4 Å². The van der Waals surface area contributed by atoms with Crippen LogP contribution in [0, 0.1) is 0 Å². The van der Waals surface area contributed by atoms with E-state index in [1.807, 2.05) is 34.4 Å². The maximum absolute atomic E-state index is 12.4. The molecule has 1 aliphatic rings. The zero-order chi connectivity index (χ0) is 17.6. The van der Waals surface area contributed by atoms with Crippen molar-refractivity contribution in [1.29, 1.82) is 0 Å². The Balaban J connectivity index is 1.47. The Labute approximate surface area is 158 Å². The summed E-state index contributed by atoms with van der Waals surface area (Å²) in [7, 11) is 0. The number of rotatable bonds is 7. The summed E-state index contributed by atoms with van der Waals surface area (Å²) in [5.74, 6) is -0.420. The van der Waals surface area contributed by atoms with Gasteiger partial charge in [-0.25, -0.2) is 4.98 Å². The van der Waals surface area contributed by atoms with E-state index in [0.717, 1.165) is 17.8 Å². The Morgan fingerprint density at radius 1 is 1.44 bits per heavy atom. The first-order valence-corrected chi connectivity index (χ1v) is 9.75. The summed E-state index contributed by atoms with van der Waals surface area (Å²) in [5, 5.41) is 4.77. The van der Waals surface area contributed by atoms with Crippen LogP contribution in [0.15, 0.2) is 41.1 Å². The number of thioether (sulfide) groups is 1. The molecule has 2 aromatic heterocycles. The fourth-order valence-electron chi connectivity index (χ4n) is 2.25. The van der Waals surface area contributed by atoms with Crippen molar-refractivity contribution in [1.82, 2.24) is 19.8 Å². The molecule has 1 saturated heterocycles. The Bertz CT molecular complexity index is 784. The van der Waals surface area contributed by atoms with Gasteiger partial charge in [0.05, 0.1) is 11.2 Å². The third-order valence-corrected chi connectivity index (χ3v) is 5.66. The number of aromatic nitrogens is 2. The van der Waals surface area contributed by atoms with Crippen LogP contribution >= 0.6 is 35.3 Å². The van der Waals surface area contributed by atoms with Crippen LogP contribution in [0.2, 0.25) is 0 Å². The van der Waals surface area contributed by atoms with Gasteiger partial charge in [-0.15, -0.1) is 11.3 Å². The highest BCUT2D eigenvalue weighted by molar-refractivity contribution is 8.26. The topological polar surface area (TPSA) is 67.2 Å². The summed E-state index contributed by atoms with van der Waals surface area (Å²) in [6, 6.07) is 3.86. The van der Waals surface area contributed by atoms with Gasteiger partial charge in [0.1, 0.15) is 10.9 Å². The Morgan fingerprint density at radius 3 is 3.04 bits per heavy atom. The van der Waals surface area contributed by atoms with Crippen molar-refractivity contribution in [3.05, 3.63) is 46.0 Å². The second-order valence-corrected chi connectivity index (χ2v) is 7.94. The SMILES string of the molecule is O=C(CN1C(=O)C(=Cc2cccs2)SC1=S)NCCCn1ccnc1. The zero-order valence-electron chi connectivity index (χ0n) is 13.3. The molecule has 0 aliphatic carbocycles. The molecule has 25 heavy (non-hydrogen) atoms. The molecule has 3 rings (SSSR count). The van der Waals surface area contributed by atoms with E-state index in [1.165, 1.54) is 16.7 Å². The number of nitrogens with zero attached hydrogens (tertiary/aromatic N) is 3. The van der Waals surface area contributed by atoms with Gasteiger partial charge >= 0.3 is 0 Å². The van der Waals surface area contributed by atoms with Crippen LogP contribution in [-0.2, 0) is 16.1 Å². The number of amides is 2. The van der Waals surface area contributed by atoms with Crippen molar-refractivity contribution in [3.8, 4) is 0 Å². The minimum absolute atomic E-state index is 0.0441. The second kappa shape index (κ2) is 8.41. The summed E-state index contributed by atoms with van der Waals surface area (Å²) in [6.07, 6.45) is 7.94. The summed E-state index contributed by atoms with van der Waals surface area (Å²) in [5.41, 5.74) is 0. The van der Waals surface area contributed by atoms with Crippen LogP contribution in [-0.4, -0.2) is 43.7 Å². The normalized spacial score (nSPS) is 16.0. The van der Waals surface area contributed by atoms with Crippen molar-refractivity contribution in [2.45, 2.75) is 13.0 Å². The van der Waals surface area contributed by atoms with Crippen LogP contribution in [0.3, 0.4) is 0 Å². The lowest BCUT2D eigenvalue weighted by molar-refractivity contribution is -0.128. The number of nitrogens with one attached hydrogen (secondary N) is 1. The molecular weight excluding hydrogens is 376 g/mol. The number of carbonyl (C=O) groups is 2. The van der Waals surface area contributed by atoms with Crippen LogP contribution < -0.4 is 5.32 Å². The van der Waals surface area contributed by atoms with Gasteiger partial charge < -0.3 is 9.88 Å². The van der Waals surface area contributed by atoms with Gasteiger partial charge in [-0.2, -0.15) is 0 Å². The number of thiophene rings is 1. The number of hydrogen-bond acceptors (Lipinski definition) is 6.